The number of guanidine groups is 1. The Morgan fingerprint density at radius 1 is 1.38 bits per heavy atom. The van der Waals surface area contributed by atoms with Crippen molar-refractivity contribution in [2.75, 3.05) is 31.4 Å². The van der Waals surface area contributed by atoms with E-state index in [1.807, 2.05) is 32.0 Å². The first-order valence-corrected chi connectivity index (χ1v) is 12.0. The Balaban J connectivity index is 0.00000625. The molecule has 5 nitrogen and oxygen atoms in total. The Morgan fingerprint density at radius 2 is 2.08 bits per heavy atom. The minimum atomic E-state index is -2.95. The van der Waals surface area contributed by atoms with Crippen LogP contribution in [-0.2, 0) is 9.84 Å². The van der Waals surface area contributed by atoms with Gasteiger partial charge in [-0.05, 0) is 44.2 Å². The molecule has 26 heavy (non-hydrogen) atoms. The average Bonchev–Trinajstić information content (AvgIpc) is 2.53. The third-order valence-corrected chi connectivity index (χ3v) is 5.77. The Bertz CT molecular complexity index is 672. The molecule has 1 aromatic carbocycles. The van der Waals surface area contributed by atoms with Gasteiger partial charge in [0.15, 0.2) is 5.96 Å². The molecule has 1 rings (SSSR count). The summed E-state index contributed by atoms with van der Waals surface area (Å²) in [4.78, 5) is 4.66. The summed E-state index contributed by atoms with van der Waals surface area (Å²) in [5.74, 6) is 0.862. The zero-order valence-electron chi connectivity index (χ0n) is 15.7. The highest BCUT2D eigenvalue weighted by Gasteiger charge is 2.12. The summed E-state index contributed by atoms with van der Waals surface area (Å²) in [6.07, 6.45) is 3.85. The quantitative estimate of drug-likeness (QED) is 0.287. The van der Waals surface area contributed by atoms with Crippen molar-refractivity contribution in [1.82, 2.24) is 10.6 Å². The number of nitrogens with zero attached hydrogens (tertiary/aromatic N) is 1. The third kappa shape index (κ3) is 10.8. The van der Waals surface area contributed by atoms with E-state index in [1.54, 1.807) is 11.8 Å². The Morgan fingerprint density at radius 3 is 2.62 bits per heavy atom. The van der Waals surface area contributed by atoms with Crippen LogP contribution in [0.1, 0.15) is 31.1 Å². The van der Waals surface area contributed by atoms with Gasteiger partial charge in [-0.1, -0.05) is 23.7 Å². The fourth-order valence-corrected chi connectivity index (χ4v) is 3.84. The SMILES string of the molecule is CCNC(=NCC(SC)c1cccc(Cl)c1)NC(C)CCS(C)(=O)=O.I. The van der Waals surface area contributed by atoms with Crippen molar-refractivity contribution >= 4 is 63.1 Å². The molecule has 0 fully saturated rings. The molecule has 0 aliphatic rings. The van der Waals surface area contributed by atoms with Crippen LogP contribution >= 0.6 is 47.3 Å². The number of hydrogen-bond acceptors (Lipinski definition) is 4. The second kappa shape index (κ2) is 13.1. The highest BCUT2D eigenvalue weighted by molar-refractivity contribution is 14.0. The molecule has 0 heterocycles. The third-order valence-electron chi connectivity index (χ3n) is 3.57. The monoisotopic (exact) mass is 533 g/mol. The summed E-state index contributed by atoms with van der Waals surface area (Å²) < 4.78 is 22.6. The van der Waals surface area contributed by atoms with Gasteiger partial charge in [0.25, 0.3) is 0 Å². The van der Waals surface area contributed by atoms with Gasteiger partial charge in [0.2, 0.25) is 0 Å². The number of thioether (sulfide) groups is 1. The van der Waals surface area contributed by atoms with Gasteiger partial charge < -0.3 is 10.6 Å². The van der Waals surface area contributed by atoms with Crippen LogP contribution in [-0.4, -0.2) is 51.8 Å². The van der Waals surface area contributed by atoms with Gasteiger partial charge in [-0.2, -0.15) is 11.8 Å². The number of rotatable bonds is 9. The van der Waals surface area contributed by atoms with Crippen LogP contribution in [0.3, 0.4) is 0 Å². The Labute approximate surface area is 184 Å². The fraction of sp³-hybridized carbons (Fsp3) is 0.588. The molecule has 2 N–H and O–H groups in total. The van der Waals surface area contributed by atoms with Crippen LogP contribution in [0.2, 0.25) is 5.02 Å². The molecule has 0 saturated carbocycles. The summed E-state index contributed by atoms with van der Waals surface area (Å²) in [5, 5.41) is 7.41. The zero-order chi connectivity index (χ0) is 18.9. The van der Waals surface area contributed by atoms with Crippen LogP contribution < -0.4 is 10.6 Å². The van der Waals surface area contributed by atoms with Gasteiger partial charge in [0, 0.05) is 29.1 Å². The van der Waals surface area contributed by atoms with E-state index in [2.05, 4.69) is 27.9 Å². The van der Waals surface area contributed by atoms with Crippen molar-refractivity contribution in [1.29, 1.82) is 0 Å². The van der Waals surface area contributed by atoms with Crippen LogP contribution in [0.15, 0.2) is 29.3 Å². The van der Waals surface area contributed by atoms with Crippen LogP contribution in [0.4, 0.5) is 0 Å². The molecule has 0 amide bonds. The summed E-state index contributed by atoms with van der Waals surface area (Å²) in [6, 6.07) is 7.85. The lowest BCUT2D eigenvalue weighted by Gasteiger charge is -2.19. The number of halogens is 2. The number of sulfone groups is 1. The van der Waals surface area contributed by atoms with Crippen molar-refractivity contribution in [3.63, 3.8) is 0 Å². The normalized spacial score (nSPS) is 14.3. The largest absolute Gasteiger partial charge is 0.357 e. The standard InChI is InChI=1S/C17H28ClN3O2S2.HI/c1-5-19-17(21-13(2)9-10-25(4,22)23)20-12-16(24-3)14-7-6-8-15(18)11-14;/h6-8,11,13,16H,5,9-10,12H2,1-4H3,(H2,19,20,21);1H. The van der Waals surface area contributed by atoms with Crippen molar-refractivity contribution in [2.45, 2.75) is 31.6 Å². The molecule has 0 aromatic heterocycles. The van der Waals surface area contributed by atoms with Crippen molar-refractivity contribution < 1.29 is 8.42 Å². The second-order valence-electron chi connectivity index (χ2n) is 5.96. The van der Waals surface area contributed by atoms with E-state index in [9.17, 15) is 8.42 Å². The van der Waals surface area contributed by atoms with Gasteiger partial charge in [0.1, 0.15) is 9.84 Å². The molecule has 0 spiro atoms. The highest BCUT2D eigenvalue weighted by Crippen LogP contribution is 2.28. The van der Waals surface area contributed by atoms with Crippen LogP contribution in [0.25, 0.3) is 0 Å². The van der Waals surface area contributed by atoms with E-state index in [4.69, 9.17) is 11.6 Å². The lowest BCUT2D eigenvalue weighted by atomic mass is 10.1. The second-order valence-corrected chi connectivity index (χ2v) is 9.70. The first-order valence-electron chi connectivity index (χ1n) is 8.26. The van der Waals surface area contributed by atoms with E-state index in [1.165, 1.54) is 6.26 Å². The molecule has 0 aliphatic heterocycles. The van der Waals surface area contributed by atoms with Crippen molar-refractivity contribution in [2.24, 2.45) is 4.99 Å². The number of nitrogens with one attached hydrogen (secondary N) is 2. The zero-order valence-corrected chi connectivity index (χ0v) is 20.4. The van der Waals surface area contributed by atoms with E-state index in [-0.39, 0.29) is 41.0 Å². The first-order chi connectivity index (χ1) is 11.7. The summed E-state index contributed by atoms with van der Waals surface area (Å²) >= 11 is 7.80. The van der Waals surface area contributed by atoms with Gasteiger partial charge in [-0.25, -0.2) is 8.42 Å². The molecule has 0 radical (unpaired) electrons. The lowest BCUT2D eigenvalue weighted by molar-refractivity contribution is 0.581. The molecule has 9 heteroatoms. The molecule has 0 bridgehead atoms. The van der Waals surface area contributed by atoms with E-state index < -0.39 is 9.84 Å². The van der Waals surface area contributed by atoms with E-state index in [0.29, 0.717) is 18.9 Å². The number of hydrogen-bond donors (Lipinski definition) is 2. The molecule has 2 atom stereocenters. The van der Waals surface area contributed by atoms with Crippen molar-refractivity contribution in [3.05, 3.63) is 34.9 Å². The van der Waals surface area contributed by atoms with E-state index >= 15 is 0 Å². The highest BCUT2D eigenvalue weighted by atomic mass is 127. The molecule has 0 saturated heterocycles. The smallest absolute Gasteiger partial charge is 0.191 e. The van der Waals surface area contributed by atoms with Gasteiger partial charge in [-0.15, -0.1) is 24.0 Å². The minimum absolute atomic E-state index is 0. The molecular formula is C17H29ClIN3O2S2. The number of benzene rings is 1. The van der Waals surface area contributed by atoms with Crippen molar-refractivity contribution in [3.8, 4) is 0 Å². The predicted molar refractivity (Wildman–Crippen MR) is 126 cm³/mol. The van der Waals surface area contributed by atoms with Crippen LogP contribution in [0.5, 0.6) is 0 Å². The summed E-state index contributed by atoms with van der Waals surface area (Å²) in [6.45, 7) is 5.31. The molecule has 150 valence electrons. The summed E-state index contributed by atoms with van der Waals surface area (Å²) in [5.41, 5.74) is 1.14. The first kappa shape index (κ1) is 25.8. The van der Waals surface area contributed by atoms with Gasteiger partial charge in [0.05, 0.1) is 12.3 Å². The van der Waals surface area contributed by atoms with Gasteiger partial charge in [-0.3, -0.25) is 4.99 Å². The maximum Gasteiger partial charge on any atom is 0.191 e. The lowest BCUT2D eigenvalue weighted by Crippen LogP contribution is -2.43. The molecular weight excluding hydrogens is 505 g/mol. The predicted octanol–water partition coefficient (Wildman–Crippen LogP) is 3.74. The van der Waals surface area contributed by atoms with Gasteiger partial charge >= 0.3 is 0 Å². The Hall–Kier alpha value is -0.190. The van der Waals surface area contributed by atoms with E-state index in [0.717, 1.165) is 17.1 Å². The molecule has 1 aromatic rings. The molecule has 2 unspecified atom stereocenters. The summed E-state index contributed by atoms with van der Waals surface area (Å²) in [7, 11) is -2.95. The topological polar surface area (TPSA) is 70.6 Å². The minimum Gasteiger partial charge on any atom is -0.357 e. The van der Waals surface area contributed by atoms with Crippen LogP contribution in [0, 0.1) is 0 Å². The Kier molecular flexibility index (Phi) is 13.0. The maximum atomic E-state index is 11.3. The number of aliphatic imine (C=N–C) groups is 1. The average molecular weight is 534 g/mol. The maximum absolute atomic E-state index is 11.3. The fourth-order valence-electron chi connectivity index (χ4n) is 2.21. The molecule has 0 aliphatic carbocycles.